The molecule has 110 valence electrons. The van der Waals surface area contributed by atoms with Gasteiger partial charge in [0.15, 0.2) is 11.9 Å². The van der Waals surface area contributed by atoms with Crippen LogP contribution >= 0.6 is 0 Å². The average Bonchev–Trinajstić information content (AvgIpc) is 2.54. The number of aliphatic imine (C=N–C) groups is 2. The highest BCUT2D eigenvalue weighted by Gasteiger charge is 2.47. The summed E-state index contributed by atoms with van der Waals surface area (Å²) in [4.78, 5) is 7.78. The summed E-state index contributed by atoms with van der Waals surface area (Å²) in [5.74, 6) is -0.225. The summed E-state index contributed by atoms with van der Waals surface area (Å²) in [5.41, 5.74) is 21.1. The minimum atomic E-state index is -1.11. The van der Waals surface area contributed by atoms with Crippen molar-refractivity contribution in [2.24, 2.45) is 32.9 Å². The van der Waals surface area contributed by atoms with E-state index in [2.05, 4.69) is 9.98 Å². The van der Waals surface area contributed by atoms with Crippen molar-refractivity contribution in [3.8, 4) is 0 Å². The zero-order valence-electron chi connectivity index (χ0n) is 11.0. The van der Waals surface area contributed by atoms with Crippen molar-refractivity contribution in [1.82, 2.24) is 0 Å². The van der Waals surface area contributed by atoms with Crippen LogP contribution in [-0.2, 0) is 4.74 Å². The van der Waals surface area contributed by atoms with Gasteiger partial charge >= 0.3 is 0 Å². The summed E-state index contributed by atoms with van der Waals surface area (Å²) < 4.78 is 5.57. The second kappa shape index (κ2) is 6.04. The SMILES string of the molecule is CC(N=C(N)N)[C@H]1O[C@H](C(C)N=C(N)N)[C@@H](O)[C@@H]1O. The summed E-state index contributed by atoms with van der Waals surface area (Å²) in [7, 11) is 0. The Balaban J connectivity index is 2.81. The molecule has 0 radical (unpaired) electrons. The summed E-state index contributed by atoms with van der Waals surface area (Å²) in [6.07, 6.45) is -3.67. The quantitative estimate of drug-likeness (QED) is 0.231. The summed E-state index contributed by atoms with van der Waals surface area (Å²) in [6, 6.07) is -0.989. The third kappa shape index (κ3) is 3.69. The second-order valence-corrected chi connectivity index (χ2v) is 4.64. The molecular weight excluding hydrogens is 252 g/mol. The van der Waals surface area contributed by atoms with E-state index in [0.29, 0.717) is 0 Å². The molecule has 0 saturated carbocycles. The topological polar surface area (TPSA) is 178 Å². The van der Waals surface area contributed by atoms with Crippen LogP contribution in [0.4, 0.5) is 0 Å². The predicted molar refractivity (Wildman–Crippen MR) is 71.2 cm³/mol. The fraction of sp³-hybridized carbons (Fsp3) is 0.800. The minimum absolute atomic E-state index is 0.112. The number of aliphatic hydroxyl groups is 2. The number of hydrogen-bond acceptors (Lipinski definition) is 5. The molecule has 2 unspecified atom stereocenters. The lowest BCUT2D eigenvalue weighted by Gasteiger charge is -2.20. The zero-order valence-corrected chi connectivity index (χ0v) is 11.0. The van der Waals surface area contributed by atoms with E-state index < -0.39 is 36.5 Å². The van der Waals surface area contributed by atoms with Gasteiger partial charge in [-0.05, 0) is 13.8 Å². The van der Waals surface area contributed by atoms with Crippen molar-refractivity contribution in [3.63, 3.8) is 0 Å². The number of rotatable bonds is 4. The molecule has 0 aromatic rings. The van der Waals surface area contributed by atoms with Gasteiger partial charge in [0.05, 0.1) is 12.1 Å². The van der Waals surface area contributed by atoms with Crippen molar-refractivity contribution < 1.29 is 14.9 Å². The van der Waals surface area contributed by atoms with Crippen LogP contribution in [0.1, 0.15) is 13.8 Å². The second-order valence-electron chi connectivity index (χ2n) is 4.64. The highest BCUT2D eigenvalue weighted by molar-refractivity contribution is 5.76. The third-order valence-corrected chi connectivity index (χ3v) is 2.99. The van der Waals surface area contributed by atoms with E-state index in [9.17, 15) is 10.2 Å². The molecular formula is C10H22N6O3. The number of guanidine groups is 2. The van der Waals surface area contributed by atoms with Crippen molar-refractivity contribution in [2.75, 3.05) is 0 Å². The van der Waals surface area contributed by atoms with Crippen LogP contribution in [-0.4, -0.2) is 58.6 Å². The maximum atomic E-state index is 9.96. The Labute approximate surface area is 111 Å². The van der Waals surface area contributed by atoms with E-state index in [1.165, 1.54) is 0 Å². The molecule has 0 bridgehead atoms. The van der Waals surface area contributed by atoms with Crippen LogP contribution in [0.25, 0.3) is 0 Å². The largest absolute Gasteiger partial charge is 0.388 e. The molecule has 0 spiro atoms. The molecule has 1 fully saturated rings. The standard InChI is InChI=1S/C10H22N6O3/c1-3(15-9(11)12)7-5(17)6(18)8(19-7)4(2)16-10(13)14/h3-8,17-18H,1-2H3,(H4,11,12,15)(H4,13,14,16)/t3?,4?,5-,6-,7+,8+/m0/s1. The van der Waals surface area contributed by atoms with Crippen molar-refractivity contribution >= 4 is 11.9 Å². The first-order valence-electron chi connectivity index (χ1n) is 5.93. The molecule has 1 aliphatic rings. The Morgan fingerprint density at radius 2 is 1.21 bits per heavy atom. The molecule has 1 rings (SSSR count). The van der Waals surface area contributed by atoms with Crippen LogP contribution in [0.5, 0.6) is 0 Å². The van der Waals surface area contributed by atoms with Gasteiger partial charge in [-0.25, -0.2) is 9.98 Å². The van der Waals surface area contributed by atoms with E-state index in [4.69, 9.17) is 27.7 Å². The highest BCUT2D eigenvalue weighted by atomic mass is 16.5. The molecule has 6 atom stereocenters. The molecule has 10 N–H and O–H groups in total. The molecule has 0 aromatic carbocycles. The third-order valence-electron chi connectivity index (χ3n) is 2.99. The maximum absolute atomic E-state index is 9.96. The van der Waals surface area contributed by atoms with Crippen molar-refractivity contribution in [2.45, 2.75) is 50.3 Å². The van der Waals surface area contributed by atoms with Gasteiger partial charge < -0.3 is 37.9 Å². The van der Waals surface area contributed by atoms with Gasteiger partial charge in [-0.2, -0.15) is 0 Å². The van der Waals surface area contributed by atoms with Crippen LogP contribution in [0, 0.1) is 0 Å². The Morgan fingerprint density at radius 1 is 0.895 bits per heavy atom. The molecule has 1 saturated heterocycles. The smallest absolute Gasteiger partial charge is 0.186 e. The first kappa shape index (κ1) is 15.5. The van der Waals surface area contributed by atoms with Crippen LogP contribution in [0.3, 0.4) is 0 Å². The van der Waals surface area contributed by atoms with Crippen molar-refractivity contribution in [1.29, 1.82) is 0 Å². The lowest BCUT2D eigenvalue weighted by molar-refractivity contribution is -0.00980. The Bertz CT molecular complexity index is 332. The molecule has 9 heteroatoms. The van der Waals surface area contributed by atoms with Gasteiger partial charge in [0.1, 0.15) is 24.4 Å². The molecule has 9 nitrogen and oxygen atoms in total. The van der Waals surface area contributed by atoms with Gasteiger partial charge in [-0.1, -0.05) is 0 Å². The molecule has 1 aliphatic heterocycles. The summed E-state index contributed by atoms with van der Waals surface area (Å²) in [6.45, 7) is 3.35. The first-order valence-corrected chi connectivity index (χ1v) is 5.93. The zero-order chi connectivity index (χ0) is 14.7. The Hall–Kier alpha value is -1.58. The van der Waals surface area contributed by atoms with E-state index in [1.807, 2.05) is 0 Å². The fourth-order valence-electron chi connectivity index (χ4n) is 2.15. The number of ether oxygens (including phenoxy) is 1. The van der Waals surface area contributed by atoms with Gasteiger partial charge in [0.2, 0.25) is 0 Å². The lowest BCUT2D eigenvalue weighted by atomic mass is 10.0. The van der Waals surface area contributed by atoms with E-state index in [-0.39, 0.29) is 11.9 Å². The number of nitrogens with two attached hydrogens (primary N) is 4. The monoisotopic (exact) mass is 274 g/mol. The Morgan fingerprint density at radius 3 is 1.47 bits per heavy atom. The Kier molecular flexibility index (Phi) is 4.92. The van der Waals surface area contributed by atoms with E-state index in [1.54, 1.807) is 13.8 Å². The van der Waals surface area contributed by atoms with Crippen molar-refractivity contribution in [3.05, 3.63) is 0 Å². The van der Waals surface area contributed by atoms with Crippen LogP contribution in [0.2, 0.25) is 0 Å². The molecule has 19 heavy (non-hydrogen) atoms. The fourth-order valence-corrected chi connectivity index (χ4v) is 2.15. The van der Waals surface area contributed by atoms with Gasteiger partial charge in [-0.15, -0.1) is 0 Å². The summed E-state index contributed by atoms with van der Waals surface area (Å²) in [5, 5.41) is 19.9. The van der Waals surface area contributed by atoms with Crippen LogP contribution in [0.15, 0.2) is 9.98 Å². The maximum Gasteiger partial charge on any atom is 0.186 e. The first-order chi connectivity index (χ1) is 8.73. The average molecular weight is 274 g/mol. The lowest BCUT2D eigenvalue weighted by Crippen LogP contribution is -2.40. The van der Waals surface area contributed by atoms with E-state index in [0.717, 1.165) is 0 Å². The minimum Gasteiger partial charge on any atom is -0.388 e. The molecule has 0 aromatic heterocycles. The normalized spacial score (nSPS) is 33.5. The van der Waals surface area contributed by atoms with Crippen LogP contribution < -0.4 is 22.9 Å². The van der Waals surface area contributed by atoms with Gasteiger partial charge in [0.25, 0.3) is 0 Å². The number of aliphatic hydroxyl groups excluding tert-OH is 2. The number of hydrogen-bond donors (Lipinski definition) is 6. The highest BCUT2D eigenvalue weighted by Crippen LogP contribution is 2.27. The van der Waals surface area contributed by atoms with Gasteiger partial charge in [0, 0.05) is 0 Å². The van der Waals surface area contributed by atoms with E-state index >= 15 is 0 Å². The predicted octanol–water partition coefficient (Wildman–Crippen LogP) is -3.20. The molecule has 0 aliphatic carbocycles. The molecule has 0 amide bonds. The van der Waals surface area contributed by atoms with Gasteiger partial charge in [-0.3, -0.25) is 0 Å². The molecule has 1 heterocycles. The summed E-state index contributed by atoms with van der Waals surface area (Å²) >= 11 is 0. The number of nitrogens with zero attached hydrogens (tertiary/aromatic N) is 2.